The Bertz CT molecular complexity index is 1020. The average Bonchev–Trinajstić information content (AvgIpc) is 3.23. The molecule has 1 aliphatic rings. The van der Waals surface area contributed by atoms with Gasteiger partial charge < -0.3 is 15.1 Å². The standard InChI is InChI=1S/C16H17N5O4S/c22-9-13(23)12-6-10-8-19(2-1-3-21(10)18-12)14(24)11-7-17-16-20(15(11)25)4-5-26-16/h4-7,13,22-23H,1-3,8-9H2/t13-/m0/s1. The largest absolute Gasteiger partial charge is 0.393 e. The minimum Gasteiger partial charge on any atom is -0.393 e. The van der Waals surface area contributed by atoms with Crippen LogP contribution in [0.15, 0.2) is 28.6 Å². The van der Waals surface area contributed by atoms with Crippen LogP contribution in [0.3, 0.4) is 0 Å². The van der Waals surface area contributed by atoms with Crippen molar-refractivity contribution < 1.29 is 15.0 Å². The SMILES string of the molecule is O=C(c1cnc2sccn2c1=O)N1CCCn2nc([C@@H](O)CO)cc2C1. The van der Waals surface area contributed by atoms with Crippen molar-refractivity contribution in [2.45, 2.75) is 25.6 Å². The predicted octanol–water partition coefficient (Wildman–Crippen LogP) is 0.0243. The topological polar surface area (TPSA) is 113 Å². The summed E-state index contributed by atoms with van der Waals surface area (Å²) in [5.41, 5.74) is 0.779. The number of carbonyl (C=O) groups excluding carboxylic acids is 1. The summed E-state index contributed by atoms with van der Waals surface area (Å²) in [6.07, 6.45) is 2.56. The zero-order valence-corrected chi connectivity index (χ0v) is 14.6. The monoisotopic (exact) mass is 375 g/mol. The third kappa shape index (κ3) is 2.81. The van der Waals surface area contributed by atoms with Gasteiger partial charge in [0.2, 0.25) is 0 Å². The van der Waals surface area contributed by atoms with Gasteiger partial charge in [0, 0.05) is 30.9 Å². The Morgan fingerprint density at radius 3 is 3.04 bits per heavy atom. The second-order valence-corrected chi connectivity index (χ2v) is 6.97. The fraction of sp³-hybridized carbons (Fsp3) is 0.375. The van der Waals surface area contributed by atoms with Crippen molar-refractivity contribution in [1.29, 1.82) is 0 Å². The van der Waals surface area contributed by atoms with Gasteiger partial charge in [-0.05, 0) is 12.5 Å². The van der Waals surface area contributed by atoms with Crippen LogP contribution in [0.1, 0.15) is 34.3 Å². The van der Waals surface area contributed by atoms with Crippen LogP contribution in [0.5, 0.6) is 0 Å². The summed E-state index contributed by atoms with van der Waals surface area (Å²) in [6.45, 7) is 0.946. The minimum atomic E-state index is -1.05. The van der Waals surface area contributed by atoms with E-state index >= 15 is 0 Å². The van der Waals surface area contributed by atoms with E-state index in [0.29, 0.717) is 30.2 Å². The third-order valence-corrected chi connectivity index (χ3v) is 5.18. The normalized spacial score (nSPS) is 15.7. The molecule has 1 atom stereocenters. The van der Waals surface area contributed by atoms with Gasteiger partial charge in [-0.15, -0.1) is 11.3 Å². The molecule has 4 heterocycles. The first-order valence-corrected chi connectivity index (χ1v) is 9.06. The van der Waals surface area contributed by atoms with Crippen LogP contribution in [0.2, 0.25) is 0 Å². The molecule has 3 aromatic heterocycles. The molecule has 4 rings (SSSR count). The molecule has 136 valence electrons. The zero-order valence-electron chi connectivity index (χ0n) is 13.8. The lowest BCUT2D eigenvalue weighted by atomic mass is 10.2. The van der Waals surface area contributed by atoms with Gasteiger partial charge in [0.25, 0.3) is 11.5 Å². The van der Waals surface area contributed by atoms with Crippen LogP contribution in [0.4, 0.5) is 0 Å². The predicted molar refractivity (Wildman–Crippen MR) is 93.0 cm³/mol. The summed E-state index contributed by atoms with van der Waals surface area (Å²) in [7, 11) is 0. The Balaban J connectivity index is 1.64. The molecule has 3 aromatic rings. The van der Waals surface area contributed by atoms with Gasteiger partial charge in [-0.2, -0.15) is 5.10 Å². The number of aryl methyl sites for hydroxylation is 1. The molecule has 2 N–H and O–H groups in total. The Morgan fingerprint density at radius 2 is 2.23 bits per heavy atom. The van der Waals surface area contributed by atoms with E-state index < -0.39 is 12.7 Å². The van der Waals surface area contributed by atoms with Gasteiger partial charge in [0.05, 0.1) is 24.5 Å². The molecule has 0 saturated carbocycles. The van der Waals surface area contributed by atoms with E-state index in [1.807, 2.05) is 0 Å². The molecular formula is C16H17N5O4S. The van der Waals surface area contributed by atoms with E-state index in [1.165, 1.54) is 21.9 Å². The van der Waals surface area contributed by atoms with Gasteiger partial charge in [-0.3, -0.25) is 18.7 Å². The lowest BCUT2D eigenvalue weighted by Gasteiger charge is -2.19. The average molecular weight is 375 g/mol. The van der Waals surface area contributed by atoms with Gasteiger partial charge in [0.1, 0.15) is 11.7 Å². The molecule has 0 spiro atoms. The first kappa shape index (κ1) is 16.9. The molecule has 0 radical (unpaired) electrons. The zero-order chi connectivity index (χ0) is 18.3. The molecule has 1 amide bonds. The second-order valence-electron chi connectivity index (χ2n) is 6.09. The Morgan fingerprint density at radius 1 is 1.38 bits per heavy atom. The smallest absolute Gasteiger partial charge is 0.271 e. The van der Waals surface area contributed by atoms with Gasteiger partial charge in [0.15, 0.2) is 4.96 Å². The highest BCUT2D eigenvalue weighted by Gasteiger charge is 2.25. The van der Waals surface area contributed by atoms with Crippen molar-refractivity contribution in [2.24, 2.45) is 0 Å². The van der Waals surface area contributed by atoms with Crippen LogP contribution in [-0.4, -0.2) is 53.3 Å². The molecule has 0 fully saturated rings. The number of nitrogens with zero attached hydrogens (tertiary/aromatic N) is 5. The highest BCUT2D eigenvalue weighted by atomic mass is 32.1. The van der Waals surface area contributed by atoms with Crippen LogP contribution in [-0.2, 0) is 13.1 Å². The molecule has 0 saturated heterocycles. The summed E-state index contributed by atoms with van der Waals surface area (Å²) in [5.74, 6) is -0.373. The highest BCUT2D eigenvalue weighted by molar-refractivity contribution is 7.15. The molecule has 0 aromatic carbocycles. The van der Waals surface area contributed by atoms with Crippen molar-refractivity contribution in [3.05, 3.63) is 51.1 Å². The van der Waals surface area contributed by atoms with E-state index in [-0.39, 0.29) is 23.6 Å². The summed E-state index contributed by atoms with van der Waals surface area (Å²) in [6, 6.07) is 1.68. The maximum atomic E-state index is 12.9. The van der Waals surface area contributed by atoms with Gasteiger partial charge in [-0.1, -0.05) is 0 Å². The number of hydrogen-bond donors (Lipinski definition) is 2. The number of carbonyl (C=O) groups is 1. The lowest BCUT2D eigenvalue weighted by molar-refractivity contribution is 0.0743. The van der Waals surface area contributed by atoms with E-state index in [4.69, 9.17) is 5.11 Å². The molecule has 0 bridgehead atoms. The van der Waals surface area contributed by atoms with Gasteiger partial charge in [-0.25, -0.2) is 4.98 Å². The van der Waals surface area contributed by atoms with Crippen molar-refractivity contribution in [1.82, 2.24) is 24.1 Å². The summed E-state index contributed by atoms with van der Waals surface area (Å²) >= 11 is 1.33. The van der Waals surface area contributed by atoms with Gasteiger partial charge >= 0.3 is 0 Å². The van der Waals surface area contributed by atoms with Crippen LogP contribution in [0, 0.1) is 0 Å². The second kappa shape index (κ2) is 6.63. The number of thiazole rings is 1. The Labute approximate surface area is 151 Å². The number of amides is 1. The maximum absolute atomic E-state index is 12.9. The number of rotatable bonds is 3. The summed E-state index contributed by atoms with van der Waals surface area (Å²) < 4.78 is 3.10. The van der Waals surface area contributed by atoms with Crippen LogP contribution in [0.25, 0.3) is 4.96 Å². The van der Waals surface area contributed by atoms with Crippen molar-refractivity contribution in [3.63, 3.8) is 0 Å². The summed E-state index contributed by atoms with van der Waals surface area (Å²) in [5, 5.41) is 24.9. The van der Waals surface area contributed by atoms with E-state index in [9.17, 15) is 14.7 Å². The third-order valence-electron chi connectivity index (χ3n) is 4.41. The number of aromatic nitrogens is 4. The van der Waals surface area contributed by atoms with Crippen molar-refractivity contribution in [2.75, 3.05) is 13.2 Å². The highest BCUT2D eigenvalue weighted by Crippen LogP contribution is 2.19. The fourth-order valence-electron chi connectivity index (χ4n) is 3.06. The molecule has 1 aliphatic heterocycles. The Kier molecular flexibility index (Phi) is 4.31. The maximum Gasteiger partial charge on any atom is 0.271 e. The Hall–Kier alpha value is -2.56. The van der Waals surface area contributed by atoms with E-state index in [0.717, 1.165) is 5.69 Å². The van der Waals surface area contributed by atoms with Crippen LogP contribution < -0.4 is 5.56 Å². The van der Waals surface area contributed by atoms with E-state index in [1.54, 1.807) is 27.2 Å². The molecule has 26 heavy (non-hydrogen) atoms. The van der Waals surface area contributed by atoms with Crippen molar-refractivity contribution >= 4 is 22.2 Å². The van der Waals surface area contributed by atoms with Crippen molar-refractivity contribution in [3.8, 4) is 0 Å². The molecule has 0 unspecified atom stereocenters. The molecular weight excluding hydrogens is 358 g/mol. The molecule has 9 nitrogen and oxygen atoms in total. The lowest BCUT2D eigenvalue weighted by Crippen LogP contribution is -2.35. The minimum absolute atomic E-state index is 0.0319. The van der Waals surface area contributed by atoms with Crippen LogP contribution >= 0.6 is 11.3 Å². The number of aliphatic hydroxyl groups excluding tert-OH is 2. The number of hydrogen-bond acceptors (Lipinski definition) is 7. The quantitative estimate of drug-likeness (QED) is 0.668. The summed E-state index contributed by atoms with van der Waals surface area (Å²) in [4.78, 5) is 31.8. The van der Waals surface area contributed by atoms with E-state index in [2.05, 4.69) is 10.1 Å². The first-order chi connectivity index (χ1) is 12.6. The number of fused-ring (bicyclic) bond motifs is 2. The molecule has 10 heteroatoms. The molecule has 0 aliphatic carbocycles. The number of aliphatic hydroxyl groups is 2. The fourth-order valence-corrected chi connectivity index (χ4v) is 3.73. The first-order valence-electron chi connectivity index (χ1n) is 8.18.